The molecule has 0 aliphatic carbocycles. The molecule has 1 rings (SSSR count). The van der Waals surface area contributed by atoms with E-state index in [4.69, 9.17) is 10.5 Å². The maximum Gasteiger partial charge on any atom is 0.119 e. The van der Waals surface area contributed by atoms with Crippen LogP contribution in [0.1, 0.15) is 31.4 Å². The van der Waals surface area contributed by atoms with Gasteiger partial charge in [0.1, 0.15) is 5.75 Å². The number of hydrogen-bond donors (Lipinski definition) is 1. The van der Waals surface area contributed by atoms with Crippen LogP contribution in [0.4, 0.5) is 0 Å². The number of hydrogen-bond acceptors (Lipinski definition) is 2. The maximum atomic E-state index is 5.52. The lowest BCUT2D eigenvalue weighted by Gasteiger charge is -2.10. The van der Waals surface area contributed by atoms with Crippen molar-refractivity contribution in [1.29, 1.82) is 0 Å². The first-order valence-electron chi connectivity index (χ1n) is 5.76. The van der Waals surface area contributed by atoms with Gasteiger partial charge in [0.25, 0.3) is 0 Å². The molecule has 0 unspecified atom stereocenters. The van der Waals surface area contributed by atoms with Crippen LogP contribution < -0.4 is 10.5 Å². The van der Waals surface area contributed by atoms with Crippen molar-refractivity contribution in [3.05, 3.63) is 29.3 Å². The van der Waals surface area contributed by atoms with Crippen LogP contribution in [0.25, 0.3) is 0 Å². The van der Waals surface area contributed by atoms with E-state index in [1.807, 2.05) is 6.92 Å². The molecule has 0 amide bonds. The van der Waals surface area contributed by atoms with Gasteiger partial charge in [-0.15, -0.1) is 0 Å². The van der Waals surface area contributed by atoms with E-state index < -0.39 is 0 Å². The SMILES string of the molecule is CCOc1ccc(CCCN)c(CC)c1. The van der Waals surface area contributed by atoms with E-state index in [1.54, 1.807) is 0 Å². The summed E-state index contributed by atoms with van der Waals surface area (Å²) in [7, 11) is 0. The topological polar surface area (TPSA) is 35.2 Å². The van der Waals surface area contributed by atoms with Crippen molar-refractivity contribution in [3.63, 3.8) is 0 Å². The number of ether oxygens (including phenoxy) is 1. The van der Waals surface area contributed by atoms with Crippen LogP contribution in [-0.2, 0) is 12.8 Å². The molecule has 0 radical (unpaired) electrons. The van der Waals surface area contributed by atoms with Gasteiger partial charge in [0.2, 0.25) is 0 Å². The Morgan fingerprint density at radius 3 is 2.60 bits per heavy atom. The first-order chi connectivity index (χ1) is 7.31. The van der Waals surface area contributed by atoms with E-state index in [-0.39, 0.29) is 0 Å². The molecule has 15 heavy (non-hydrogen) atoms. The molecule has 0 saturated carbocycles. The first kappa shape index (κ1) is 12.1. The zero-order valence-electron chi connectivity index (χ0n) is 9.75. The number of aryl methyl sites for hydroxylation is 2. The fourth-order valence-corrected chi connectivity index (χ4v) is 1.72. The average Bonchev–Trinajstić information content (AvgIpc) is 2.27. The fourth-order valence-electron chi connectivity index (χ4n) is 1.72. The van der Waals surface area contributed by atoms with Crippen molar-refractivity contribution in [3.8, 4) is 5.75 Å². The summed E-state index contributed by atoms with van der Waals surface area (Å²) in [5.41, 5.74) is 8.31. The van der Waals surface area contributed by atoms with E-state index in [0.717, 1.165) is 38.2 Å². The molecule has 84 valence electrons. The Bertz CT molecular complexity index is 297. The summed E-state index contributed by atoms with van der Waals surface area (Å²) in [6.07, 6.45) is 3.19. The maximum absolute atomic E-state index is 5.52. The van der Waals surface area contributed by atoms with Crippen LogP contribution in [-0.4, -0.2) is 13.2 Å². The van der Waals surface area contributed by atoms with Crippen LogP contribution >= 0.6 is 0 Å². The fraction of sp³-hybridized carbons (Fsp3) is 0.538. The van der Waals surface area contributed by atoms with E-state index in [9.17, 15) is 0 Å². The standard InChI is InChI=1S/C13H21NO/c1-3-11-10-13(15-4-2)8-7-12(11)6-5-9-14/h7-8,10H,3-6,9,14H2,1-2H3. The molecule has 1 aromatic rings. The molecule has 2 heteroatoms. The third kappa shape index (κ3) is 3.56. The molecule has 0 atom stereocenters. The summed E-state index contributed by atoms with van der Waals surface area (Å²) in [5, 5.41) is 0. The van der Waals surface area contributed by atoms with Gasteiger partial charge in [-0.25, -0.2) is 0 Å². The summed E-state index contributed by atoms with van der Waals surface area (Å²) in [4.78, 5) is 0. The van der Waals surface area contributed by atoms with Crippen LogP contribution in [0.5, 0.6) is 5.75 Å². The Hall–Kier alpha value is -1.02. The van der Waals surface area contributed by atoms with Crippen molar-refractivity contribution >= 4 is 0 Å². The van der Waals surface area contributed by atoms with Crippen LogP contribution in [0.2, 0.25) is 0 Å². The minimum atomic E-state index is 0.727. The van der Waals surface area contributed by atoms with Gasteiger partial charge < -0.3 is 10.5 Å². The lowest BCUT2D eigenvalue weighted by molar-refractivity contribution is 0.340. The molecule has 2 nitrogen and oxygen atoms in total. The molecule has 0 fully saturated rings. The van der Waals surface area contributed by atoms with Gasteiger partial charge in [-0.2, -0.15) is 0 Å². The van der Waals surface area contributed by atoms with Crippen LogP contribution in [0.15, 0.2) is 18.2 Å². The second kappa shape index (κ2) is 6.46. The Morgan fingerprint density at radius 2 is 2.00 bits per heavy atom. The Labute approximate surface area is 92.4 Å². The van der Waals surface area contributed by atoms with Gasteiger partial charge in [-0.3, -0.25) is 0 Å². The second-order valence-electron chi connectivity index (χ2n) is 3.61. The number of benzene rings is 1. The van der Waals surface area contributed by atoms with Gasteiger partial charge in [-0.05, 0) is 56.0 Å². The smallest absolute Gasteiger partial charge is 0.119 e. The average molecular weight is 207 g/mol. The zero-order valence-corrected chi connectivity index (χ0v) is 9.75. The van der Waals surface area contributed by atoms with Crippen molar-refractivity contribution in [1.82, 2.24) is 0 Å². The molecule has 0 saturated heterocycles. The van der Waals surface area contributed by atoms with E-state index in [1.165, 1.54) is 11.1 Å². The van der Waals surface area contributed by atoms with Gasteiger partial charge in [0, 0.05) is 0 Å². The van der Waals surface area contributed by atoms with E-state index >= 15 is 0 Å². The predicted molar refractivity (Wildman–Crippen MR) is 64.4 cm³/mol. The second-order valence-corrected chi connectivity index (χ2v) is 3.61. The first-order valence-corrected chi connectivity index (χ1v) is 5.76. The highest BCUT2D eigenvalue weighted by Crippen LogP contribution is 2.19. The minimum Gasteiger partial charge on any atom is -0.494 e. The molecular weight excluding hydrogens is 186 g/mol. The summed E-state index contributed by atoms with van der Waals surface area (Å²) >= 11 is 0. The van der Waals surface area contributed by atoms with Gasteiger partial charge >= 0.3 is 0 Å². The van der Waals surface area contributed by atoms with Gasteiger partial charge in [0.15, 0.2) is 0 Å². The highest BCUT2D eigenvalue weighted by Gasteiger charge is 2.02. The number of nitrogens with two attached hydrogens (primary N) is 1. The highest BCUT2D eigenvalue weighted by atomic mass is 16.5. The Kier molecular flexibility index (Phi) is 5.19. The molecule has 0 aliphatic rings. The van der Waals surface area contributed by atoms with E-state index in [2.05, 4.69) is 25.1 Å². The number of rotatable bonds is 6. The quantitative estimate of drug-likeness (QED) is 0.778. The third-order valence-electron chi connectivity index (χ3n) is 2.52. The molecule has 0 heterocycles. The summed E-state index contributed by atoms with van der Waals surface area (Å²) in [6.45, 7) is 5.67. The van der Waals surface area contributed by atoms with Crippen LogP contribution in [0, 0.1) is 0 Å². The highest BCUT2D eigenvalue weighted by molar-refractivity contribution is 5.35. The largest absolute Gasteiger partial charge is 0.494 e. The lowest BCUT2D eigenvalue weighted by atomic mass is 10.0. The van der Waals surface area contributed by atoms with Gasteiger partial charge in [-0.1, -0.05) is 13.0 Å². The van der Waals surface area contributed by atoms with Crippen molar-refractivity contribution in [2.24, 2.45) is 5.73 Å². The molecule has 2 N–H and O–H groups in total. The zero-order chi connectivity index (χ0) is 11.1. The normalized spacial score (nSPS) is 10.3. The Morgan fingerprint density at radius 1 is 1.20 bits per heavy atom. The molecule has 0 bridgehead atoms. The monoisotopic (exact) mass is 207 g/mol. The van der Waals surface area contributed by atoms with E-state index in [0.29, 0.717) is 0 Å². The molecular formula is C13H21NO. The predicted octanol–water partition coefficient (Wildman–Crippen LogP) is 2.54. The lowest BCUT2D eigenvalue weighted by Crippen LogP contribution is -2.02. The third-order valence-corrected chi connectivity index (χ3v) is 2.52. The van der Waals surface area contributed by atoms with Crippen molar-refractivity contribution < 1.29 is 4.74 Å². The summed E-state index contributed by atoms with van der Waals surface area (Å²) in [5.74, 6) is 0.978. The van der Waals surface area contributed by atoms with Crippen molar-refractivity contribution in [2.45, 2.75) is 33.1 Å². The van der Waals surface area contributed by atoms with Crippen LogP contribution in [0.3, 0.4) is 0 Å². The van der Waals surface area contributed by atoms with Gasteiger partial charge in [0.05, 0.1) is 6.61 Å². The summed E-state index contributed by atoms with van der Waals surface area (Å²) in [6, 6.07) is 6.36. The minimum absolute atomic E-state index is 0.727. The summed E-state index contributed by atoms with van der Waals surface area (Å²) < 4.78 is 5.48. The molecule has 0 aromatic heterocycles. The molecule has 0 spiro atoms. The Balaban J connectivity index is 2.78. The molecule has 1 aromatic carbocycles. The molecule has 0 aliphatic heterocycles. The van der Waals surface area contributed by atoms with Crippen molar-refractivity contribution in [2.75, 3.05) is 13.2 Å².